The number of carbonyl (C=O) groups excluding carboxylic acids is 2. The smallest absolute Gasteiger partial charge is 1.00 e. The average Bonchev–Trinajstić information content (AvgIpc) is 3.38. The Bertz CT molecular complexity index is 2030. The van der Waals surface area contributed by atoms with Crippen molar-refractivity contribution in [3.05, 3.63) is 141 Å². The van der Waals surface area contributed by atoms with Gasteiger partial charge >= 0.3 is 46.0 Å². The second-order valence-corrected chi connectivity index (χ2v) is 12.6. The third-order valence-corrected chi connectivity index (χ3v) is 8.64. The van der Waals surface area contributed by atoms with Gasteiger partial charge in [0.15, 0.2) is 11.9 Å². The normalized spacial score (nSPS) is 16.7. The molecule has 0 radical (unpaired) electrons. The molecule has 3 amide bonds. The molecule has 1 aromatic heterocycles. The third-order valence-electron chi connectivity index (χ3n) is 8.29. The van der Waals surface area contributed by atoms with Crippen molar-refractivity contribution in [1.82, 2.24) is 20.0 Å². The van der Waals surface area contributed by atoms with Crippen molar-refractivity contribution in [3.8, 4) is 11.5 Å². The number of nitrogens with zero attached hydrogens (tertiary/aromatic N) is 3. The van der Waals surface area contributed by atoms with Gasteiger partial charge in [-0.1, -0.05) is 78.9 Å². The molecule has 51 heavy (non-hydrogen) atoms. The molecule has 1 fully saturated rings. The van der Waals surface area contributed by atoms with E-state index in [1.807, 2.05) is 72.8 Å². The van der Waals surface area contributed by atoms with Crippen LogP contribution in [0.5, 0.6) is 11.5 Å². The Kier molecular flexibility index (Phi) is 11.9. The largest absolute Gasteiger partial charge is 1.00 e. The maximum atomic E-state index is 13.5. The number of urea groups is 1. The van der Waals surface area contributed by atoms with Crippen LogP contribution in [-0.4, -0.2) is 65.3 Å². The van der Waals surface area contributed by atoms with E-state index >= 15 is 0 Å². The van der Waals surface area contributed by atoms with Gasteiger partial charge in [-0.05, 0) is 41.3 Å². The summed E-state index contributed by atoms with van der Waals surface area (Å²) in [5.41, 5.74) is 2.76. The van der Waals surface area contributed by atoms with Crippen molar-refractivity contribution in [1.29, 1.82) is 0 Å². The molecule has 2 atom stereocenters. The van der Waals surface area contributed by atoms with Crippen LogP contribution in [0.3, 0.4) is 0 Å². The fourth-order valence-corrected chi connectivity index (χ4v) is 6.11. The van der Waals surface area contributed by atoms with Gasteiger partial charge in [-0.15, -0.1) is 4.28 Å². The summed E-state index contributed by atoms with van der Waals surface area (Å²) < 4.78 is 48.9. The van der Waals surface area contributed by atoms with Crippen molar-refractivity contribution in [2.75, 3.05) is 13.7 Å². The van der Waals surface area contributed by atoms with Gasteiger partial charge in [0.1, 0.15) is 24.4 Å². The first-order chi connectivity index (χ1) is 24.0. The zero-order chi connectivity index (χ0) is 35.4. The Morgan fingerprint density at radius 2 is 1.63 bits per heavy atom. The molecule has 2 N–H and O–H groups in total. The number of rotatable bonds is 13. The molecule has 16 heteroatoms. The van der Waals surface area contributed by atoms with Gasteiger partial charge in [0.05, 0.1) is 32.1 Å². The molecule has 0 saturated carbocycles. The van der Waals surface area contributed by atoms with Crippen LogP contribution < -0.4 is 54.6 Å². The predicted molar refractivity (Wildman–Crippen MR) is 180 cm³/mol. The molecule has 2 aliphatic heterocycles. The van der Waals surface area contributed by atoms with Crippen LogP contribution in [0.15, 0.2) is 114 Å². The molecule has 3 heterocycles. The van der Waals surface area contributed by atoms with Crippen molar-refractivity contribution < 1.29 is 72.1 Å². The van der Waals surface area contributed by atoms with E-state index in [0.717, 1.165) is 21.6 Å². The van der Waals surface area contributed by atoms with Gasteiger partial charge in [0, 0.05) is 6.07 Å². The molecular weight excluding hydrogens is 691 g/mol. The minimum Gasteiger partial charge on any atom is -1.00 e. The van der Waals surface area contributed by atoms with Crippen molar-refractivity contribution in [2.24, 2.45) is 0 Å². The quantitative estimate of drug-likeness (QED) is 0.113. The van der Waals surface area contributed by atoms with E-state index in [1.165, 1.54) is 23.1 Å². The standard InChI is InChI=1S/C35H34N4O10S.Na.H/c1-23-17-29(37-20-30(23)39(35(37)42)49-50(43,44)45)34(41)36-19-27-18-31(40)32(47-22-24-13-15-28(46-2)16-14-24)21-38(27)48-33(25-9-5-3-6-10-25)26-11-7-4-8-12-26;;/h3-18,21,29-30,33H,19-20,22H2,1-2H3,(H,36,41)(H,43,44,45);;/q;+1;-1. The first-order valence-electron chi connectivity index (χ1n) is 15.5. The third kappa shape index (κ3) is 8.81. The summed E-state index contributed by atoms with van der Waals surface area (Å²) >= 11 is 0. The van der Waals surface area contributed by atoms with E-state index in [2.05, 4.69) is 9.60 Å². The molecule has 0 aliphatic carbocycles. The maximum Gasteiger partial charge on any atom is 1.00 e. The summed E-state index contributed by atoms with van der Waals surface area (Å²) in [7, 11) is -3.41. The molecule has 4 aromatic rings. The van der Waals surface area contributed by atoms with Crippen molar-refractivity contribution in [3.63, 3.8) is 0 Å². The number of amides is 3. The second-order valence-electron chi connectivity index (χ2n) is 11.6. The predicted octanol–water partition coefficient (Wildman–Crippen LogP) is 0.556. The zero-order valence-electron chi connectivity index (χ0n) is 29.0. The number of ether oxygens (including phenoxy) is 2. The van der Waals surface area contributed by atoms with Crippen molar-refractivity contribution >= 4 is 22.3 Å². The van der Waals surface area contributed by atoms with Crippen molar-refractivity contribution in [2.45, 2.75) is 38.3 Å². The maximum absolute atomic E-state index is 13.5. The zero-order valence-corrected chi connectivity index (χ0v) is 30.9. The number of methoxy groups -OCH3 is 1. The molecular formula is C35H35N4NaO10S. The number of hydrogen-bond donors (Lipinski definition) is 2. The second kappa shape index (κ2) is 16.1. The van der Waals surface area contributed by atoms with Crippen LogP contribution in [0.2, 0.25) is 0 Å². The van der Waals surface area contributed by atoms with Gasteiger partial charge in [-0.25, -0.2) is 4.79 Å². The average molecular weight is 727 g/mol. The van der Waals surface area contributed by atoms with E-state index in [0.29, 0.717) is 16.4 Å². The van der Waals surface area contributed by atoms with E-state index in [1.54, 1.807) is 26.2 Å². The van der Waals surface area contributed by atoms with E-state index in [9.17, 15) is 22.8 Å². The number of pyridine rings is 1. The molecule has 6 rings (SSSR count). The molecule has 3 aromatic carbocycles. The summed E-state index contributed by atoms with van der Waals surface area (Å²) in [4.78, 5) is 47.6. The van der Waals surface area contributed by atoms with E-state index in [4.69, 9.17) is 18.9 Å². The summed E-state index contributed by atoms with van der Waals surface area (Å²) in [6.07, 6.45) is 2.31. The summed E-state index contributed by atoms with van der Waals surface area (Å²) in [5.74, 6) is 0.0842. The first-order valence-corrected chi connectivity index (χ1v) is 16.9. The summed E-state index contributed by atoms with van der Waals surface area (Å²) in [5, 5.41) is 3.29. The number of nitrogens with one attached hydrogen (secondary N) is 1. The Balaban J connectivity index is 0.00000302. The van der Waals surface area contributed by atoms with Gasteiger partial charge in [0.25, 0.3) is 0 Å². The Hall–Kier alpha value is -4.64. The van der Waals surface area contributed by atoms with Gasteiger partial charge < -0.3 is 26.0 Å². The van der Waals surface area contributed by atoms with Crippen LogP contribution in [0.4, 0.5) is 4.79 Å². The van der Waals surface area contributed by atoms with Gasteiger partial charge in [-0.3, -0.25) is 14.1 Å². The van der Waals surface area contributed by atoms with Gasteiger partial charge in [0.2, 0.25) is 11.3 Å². The Morgan fingerprint density at radius 3 is 2.22 bits per heavy atom. The fraction of sp³-hybridized carbons (Fsp3) is 0.229. The summed E-state index contributed by atoms with van der Waals surface area (Å²) in [6.45, 7) is 1.47. The Labute approximate surface area is 317 Å². The first kappa shape index (κ1) is 37.6. The van der Waals surface area contributed by atoms with E-state index in [-0.39, 0.29) is 62.1 Å². The number of hydroxylamine groups is 2. The monoisotopic (exact) mass is 726 g/mol. The number of fused-ring (bicyclic) bond motifs is 2. The SMILES string of the molecule is COc1ccc(COc2cn(OC(c3ccccc3)c3ccccc3)c(CNC(=O)C3C=C(C)C4CN3C(=O)N4OS(=O)(=O)O)cc2=O)cc1.[H-].[Na+]. The number of carbonyl (C=O) groups is 2. The van der Waals surface area contributed by atoms with Crippen LogP contribution in [0.25, 0.3) is 0 Å². The molecule has 14 nitrogen and oxygen atoms in total. The Morgan fingerprint density at radius 1 is 1.00 bits per heavy atom. The van der Waals surface area contributed by atoms with E-state index < -0.39 is 46.0 Å². The topological polar surface area (TPSA) is 166 Å². The minimum atomic E-state index is -4.98. The van der Waals surface area contributed by atoms with Crippen LogP contribution in [0, 0.1) is 0 Å². The molecule has 2 aliphatic rings. The number of hydrogen-bond acceptors (Lipinski definition) is 9. The molecule has 2 unspecified atom stereocenters. The van der Waals surface area contributed by atoms with Crippen LogP contribution in [-0.2, 0) is 32.6 Å². The number of aromatic nitrogens is 1. The van der Waals surface area contributed by atoms with Crippen LogP contribution in [0.1, 0.15) is 36.8 Å². The fourth-order valence-electron chi connectivity index (χ4n) is 5.74. The van der Waals surface area contributed by atoms with Gasteiger partial charge in [-0.2, -0.15) is 18.2 Å². The summed E-state index contributed by atoms with van der Waals surface area (Å²) in [6, 6.07) is 24.6. The number of benzene rings is 3. The molecule has 262 valence electrons. The minimum absolute atomic E-state index is 0. The molecule has 1 saturated heterocycles. The van der Waals surface area contributed by atoms with Crippen LogP contribution >= 0.6 is 0 Å². The molecule has 0 spiro atoms. The molecule has 2 bridgehead atoms.